The molecule has 0 bridgehead atoms. The zero-order chi connectivity index (χ0) is 12.7. The van der Waals surface area contributed by atoms with Gasteiger partial charge in [0, 0.05) is 13.7 Å². The van der Waals surface area contributed by atoms with E-state index in [-0.39, 0.29) is 6.10 Å². The SMILES string of the molecule is COCCCC(O)c1cccc(OC(C)C)c1. The monoisotopic (exact) mass is 238 g/mol. The molecule has 3 heteroatoms. The number of hydrogen-bond acceptors (Lipinski definition) is 3. The van der Waals surface area contributed by atoms with Crippen LogP contribution in [-0.2, 0) is 4.74 Å². The zero-order valence-corrected chi connectivity index (χ0v) is 10.8. The Bertz CT molecular complexity index is 323. The van der Waals surface area contributed by atoms with Gasteiger partial charge in [-0.25, -0.2) is 0 Å². The van der Waals surface area contributed by atoms with Gasteiger partial charge in [0.25, 0.3) is 0 Å². The summed E-state index contributed by atoms with van der Waals surface area (Å²) < 4.78 is 10.6. The molecule has 0 aromatic heterocycles. The Morgan fingerprint density at radius 3 is 2.71 bits per heavy atom. The fraction of sp³-hybridized carbons (Fsp3) is 0.571. The van der Waals surface area contributed by atoms with Crippen molar-refractivity contribution in [1.29, 1.82) is 0 Å². The van der Waals surface area contributed by atoms with E-state index in [0.29, 0.717) is 13.0 Å². The first-order chi connectivity index (χ1) is 8.13. The second-order valence-corrected chi connectivity index (χ2v) is 4.39. The maximum Gasteiger partial charge on any atom is 0.120 e. The summed E-state index contributed by atoms with van der Waals surface area (Å²) in [5.74, 6) is 0.809. The molecule has 0 saturated heterocycles. The third-order valence-electron chi connectivity index (χ3n) is 2.44. The summed E-state index contributed by atoms with van der Waals surface area (Å²) in [5.41, 5.74) is 0.902. The Kier molecular flexibility index (Phi) is 6.01. The van der Waals surface area contributed by atoms with Crippen LogP contribution in [-0.4, -0.2) is 24.9 Å². The van der Waals surface area contributed by atoms with Gasteiger partial charge in [-0.3, -0.25) is 0 Å². The molecule has 1 aromatic carbocycles. The van der Waals surface area contributed by atoms with E-state index >= 15 is 0 Å². The second kappa shape index (κ2) is 7.30. The van der Waals surface area contributed by atoms with Crippen molar-refractivity contribution in [2.24, 2.45) is 0 Å². The lowest BCUT2D eigenvalue weighted by Crippen LogP contribution is -2.06. The van der Waals surface area contributed by atoms with Crippen LogP contribution in [0.4, 0.5) is 0 Å². The standard InChI is InChI=1S/C14H22O3/c1-11(2)17-13-7-4-6-12(10-13)14(15)8-5-9-16-3/h4,6-7,10-11,14-15H,5,8-9H2,1-3H3. The molecule has 0 fully saturated rings. The van der Waals surface area contributed by atoms with E-state index in [2.05, 4.69) is 0 Å². The lowest BCUT2D eigenvalue weighted by molar-refractivity contribution is 0.136. The topological polar surface area (TPSA) is 38.7 Å². The number of methoxy groups -OCH3 is 1. The predicted octanol–water partition coefficient (Wildman–Crippen LogP) is 2.93. The van der Waals surface area contributed by atoms with Crippen LogP contribution >= 0.6 is 0 Å². The molecule has 3 nitrogen and oxygen atoms in total. The van der Waals surface area contributed by atoms with Crippen molar-refractivity contribution in [2.75, 3.05) is 13.7 Å². The van der Waals surface area contributed by atoms with Crippen LogP contribution in [0.15, 0.2) is 24.3 Å². The summed E-state index contributed by atoms with van der Waals surface area (Å²) in [6.07, 6.45) is 1.27. The average Bonchev–Trinajstić information content (AvgIpc) is 2.28. The number of ether oxygens (including phenoxy) is 2. The van der Waals surface area contributed by atoms with E-state index in [1.807, 2.05) is 38.1 Å². The average molecular weight is 238 g/mol. The van der Waals surface area contributed by atoms with Crippen molar-refractivity contribution < 1.29 is 14.6 Å². The normalized spacial score (nSPS) is 12.8. The van der Waals surface area contributed by atoms with E-state index in [1.165, 1.54) is 0 Å². The molecule has 0 saturated carbocycles. The van der Waals surface area contributed by atoms with Gasteiger partial charge in [0.05, 0.1) is 12.2 Å². The molecule has 17 heavy (non-hydrogen) atoms. The Balaban J connectivity index is 2.57. The highest BCUT2D eigenvalue weighted by Crippen LogP contribution is 2.23. The second-order valence-electron chi connectivity index (χ2n) is 4.39. The minimum absolute atomic E-state index is 0.149. The van der Waals surface area contributed by atoms with Gasteiger partial charge >= 0.3 is 0 Å². The van der Waals surface area contributed by atoms with Crippen molar-refractivity contribution in [2.45, 2.75) is 38.9 Å². The molecule has 1 atom stereocenters. The van der Waals surface area contributed by atoms with Gasteiger partial charge in [-0.1, -0.05) is 12.1 Å². The molecule has 1 rings (SSSR count). The summed E-state index contributed by atoms with van der Waals surface area (Å²) in [4.78, 5) is 0. The Morgan fingerprint density at radius 2 is 2.06 bits per heavy atom. The highest BCUT2D eigenvalue weighted by Gasteiger charge is 2.08. The van der Waals surface area contributed by atoms with Crippen molar-refractivity contribution in [3.8, 4) is 5.75 Å². The van der Waals surface area contributed by atoms with Crippen LogP contribution in [0.2, 0.25) is 0 Å². The number of rotatable bonds is 7. The molecule has 1 unspecified atom stereocenters. The number of aliphatic hydroxyl groups excluding tert-OH is 1. The van der Waals surface area contributed by atoms with Crippen molar-refractivity contribution >= 4 is 0 Å². The van der Waals surface area contributed by atoms with Crippen molar-refractivity contribution in [1.82, 2.24) is 0 Å². The molecule has 0 amide bonds. The van der Waals surface area contributed by atoms with Crippen LogP contribution in [0.3, 0.4) is 0 Å². The molecular weight excluding hydrogens is 216 g/mol. The van der Waals surface area contributed by atoms with Gasteiger partial charge in [-0.15, -0.1) is 0 Å². The highest BCUT2D eigenvalue weighted by molar-refractivity contribution is 5.30. The first-order valence-corrected chi connectivity index (χ1v) is 6.07. The highest BCUT2D eigenvalue weighted by atomic mass is 16.5. The molecular formula is C14H22O3. The third kappa shape index (κ3) is 5.20. The summed E-state index contributed by atoms with van der Waals surface area (Å²) in [7, 11) is 1.67. The van der Waals surface area contributed by atoms with Gasteiger partial charge < -0.3 is 14.6 Å². The zero-order valence-electron chi connectivity index (χ0n) is 10.8. The smallest absolute Gasteiger partial charge is 0.120 e. The van der Waals surface area contributed by atoms with Crippen LogP contribution in [0.25, 0.3) is 0 Å². The van der Waals surface area contributed by atoms with Gasteiger partial charge in [-0.05, 0) is 44.4 Å². The largest absolute Gasteiger partial charge is 0.491 e. The molecule has 0 radical (unpaired) electrons. The lowest BCUT2D eigenvalue weighted by Gasteiger charge is -2.14. The fourth-order valence-corrected chi connectivity index (χ4v) is 1.65. The van der Waals surface area contributed by atoms with Gasteiger partial charge in [0.2, 0.25) is 0 Å². The van der Waals surface area contributed by atoms with Crippen molar-refractivity contribution in [3.05, 3.63) is 29.8 Å². The van der Waals surface area contributed by atoms with E-state index in [0.717, 1.165) is 17.7 Å². The summed E-state index contributed by atoms with van der Waals surface area (Å²) in [6.45, 7) is 4.66. The lowest BCUT2D eigenvalue weighted by atomic mass is 10.0. The van der Waals surface area contributed by atoms with Crippen LogP contribution < -0.4 is 4.74 Å². The van der Waals surface area contributed by atoms with Crippen molar-refractivity contribution in [3.63, 3.8) is 0 Å². The minimum Gasteiger partial charge on any atom is -0.491 e. The summed E-state index contributed by atoms with van der Waals surface area (Å²) >= 11 is 0. The van der Waals surface area contributed by atoms with E-state index in [9.17, 15) is 5.11 Å². The Morgan fingerprint density at radius 1 is 1.29 bits per heavy atom. The Labute approximate surface area is 103 Å². The maximum atomic E-state index is 9.99. The third-order valence-corrected chi connectivity index (χ3v) is 2.44. The van der Waals surface area contributed by atoms with Gasteiger partial charge in [-0.2, -0.15) is 0 Å². The molecule has 0 spiro atoms. The molecule has 96 valence electrons. The molecule has 0 aliphatic rings. The molecule has 0 aliphatic carbocycles. The number of aliphatic hydroxyl groups is 1. The maximum absolute atomic E-state index is 9.99. The quantitative estimate of drug-likeness (QED) is 0.742. The first kappa shape index (κ1) is 14.0. The number of benzene rings is 1. The van der Waals surface area contributed by atoms with Gasteiger partial charge in [0.15, 0.2) is 0 Å². The van der Waals surface area contributed by atoms with E-state index in [1.54, 1.807) is 7.11 Å². The first-order valence-electron chi connectivity index (χ1n) is 6.07. The fourth-order valence-electron chi connectivity index (χ4n) is 1.65. The van der Waals surface area contributed by atoms with E-state index in [4.69, 9.17) is 9.47 Å². The molecule has 1 N–H and O–H groups in total. The van der Waals surface area contributed by atoms with Crippen LogP contribution in [0, 0.1) is 0 Å². The molecule has 1 aromatic rings. The summed E-state index contributed by atoms with van der Waals surface area (Å²) in [6, 6.07) is 7.64. The van der Waals surface area contributed by atoms with Gasteiger partial charge in [0.1, 0.15) is 5.75 Å². The minimum atomic E-state index is -0.444. The predicted molar refractivity (Wildman–Crippen MR) is 68.3 cm³/mol. The number of hydrogen-bond donors (Lipinski definition) is 1. The van der Waals surface area contributed by atoms with E-state index < -0.39 is 6.10 Å². The summed E-state index contributed by atoms with van der Waals surface area (Å²) in [5, 5.41) is 9.99. The van der Waals surface area contributed by atoms with Crippen LogP contribution in [0.5, 0.6) is 5.75 Å². The molecule has 0 heterocycles. The molecule has 0 aliphatic heterocycles. The Hall–Kier alpha value is -1.06. The van der Waals surface area contributed by atoms with Crippen LogP contribution in [0.1, 0.15) is 38.4 Å².